The predicted octanol–water partition coefficient (Wildman–Crippen LogP) is -0.685. The Labute approximate surface area is 82.8 Å². The number of carbonyl (C=O) groups is 2. The molecule has 1 N–H and O–H groups in total. The summed E-state index contributed by atoms with van der Waals surface area (Å²) in [6, 6.07) is 0. The number of esters is 1. The summed E-state index contributed by atoms with van der Waals surface area (Å²) in [5.41, 5.74) is 0. The fraction of sp³-hybridized carbons (Fsp3) is 0.556. The van der Waals surface area contributed by atoms with E-state index in [0.29, 0.717) is 19.8 Å². The molecule has 0 aromatic carbocycles. The van der Waals surface area contributed by atoms with Gasteiger partial charge in [0.05, 0.1) is 13.2 Å². The summed E-state index contributed by atoms with van der Waals surface area (Å²) < 4.78 is 9.63. The zero-order chi connectivity index (χ0) is 10.8. The maximum atomic E-state index is 10.5. The molecule has 0 unspecified atom stereocenters. The van der Waals surface area contributed by atoms with Crippen LogP contribution in [0.2, 0.25) is 0 Å². The van der Waals surface area contributed by atoms with Gasteiger partial charge in [-0.2, -0.15) is 0 Å². The minimum absolute atomic E-state index is 0.221. The normalized spacial score (nSPS) is 8.86. The Kier molecular flexibility index (Phi) is 7.19. The molecule has 0 aromatic rings. The summed E-state index contributed by atoms with van der Waals surface area (Å²) in [4.78, 5) is 20.8. The van der Waals surface area contributed by atoms with E-state index in [0.717, 1.165) is 0 Å². The van der Waals surface area contributed by atoms with E-state index in [1.807, 2.05) is 5.92 Å². The number of amides is 1. The fourth-order valence-corrected chi connectivity index (χ4v) is 0.634. The van der Waals surface area contributed by atoms with Crippen molar-refractivity contribution < 1.29 is 19.1 Å². The lowest BCUT2D eigenvalue weighted by atomic mass is 10.6. The summed E-state index contributed by atoms with van der Waals surface area (Å²) in [5, 5.41) is 2.42. The minimum atomic E-state index is -0.464. The highest BCUT2D eigenvalue weighted by Crippen LogP contribution is 1.78. The van der Waals surface area contributed by atoms with E-state index in [2.05, 4.69) is 10.1 Å². The summed E-state index contributed by atoms with van der Waals surface area (Å²) in [6.07, 6.45) is 4.81. The van der Waals surface area contributed by atoms with Gasteiger partial charge in [0.25, 0.3) is 5.91 Å². The molecule has 0 rings (SSSR count). The highest BCUT2D eigenvalue weighted by Gasteiger charge is 1.94. The minimum Gasteiger partial charge on any atom is -0.463 e. The highest BCUT2D eigenvalue weighted by atomic mass is 16.6. The Balaban J connectivity index is 3.11. The molecule has 0 saturated carbocycles. The molecule has 1 amide bonds. The monoisotopic (exact) mass is 199 g/mol. The van der Waals surface area contributed by atoms with Crippen molar-refractivity contribution in [2.45, 2.75) is 6.92 Å². The molecule has 0 aliphatic carbocycles. The SMILES string of the molecule is C#CC(=O)NCCOCCOC(C)=O. The number of carbonyl (C=O) groups excluding carboxylic acids is 2. The molecule has 78 valence electrons. The van der Waals surface area contributed by atoms with Crippen molar-refractivity contribution in [2.24, 2.45) is 0 Å². The number of ether oxygens (including phenoxy) is 2. The van der Waals surface area contributed by atoms with Crippen LogP contribution < -0.4 is 5.32 Å². The van der Waals surface area contributed by atoms with Gasteiger partial charge in [-0.1, -0.05) is 0 Å². The first-order chi connectivity index (χ1) is 6.66. The Bertz CT molecular complexity index is 231. The second-order valence-electron chi connectivity index (χ2n) is 2.35. The van der Waals surface area contributed by atoms with Gasteiger partial charge in [0.2, 0.25) is 0 Å². The standard InChI is InChI=1S/C9H13NO4/c1-3-9(12)10-4-5-13-6-7-14-8(2)11/h1H,4-7H2,2H3,(H,10,12). The van der Waals surface area contributed by atoms with Crippen LogP contribution in [0.4, 0.5) is 0 Å². The summed E-state index contributed by atoms with van der Waals surface area (Å²) in [7, 11) is 0. The lowest BCUT2D eigenvalue weighted by molar-refractivity contribution is -0.142. The van der Waals surface area contributed by atoms with E-state index in [-0.39, 0.29) is 12.6 Å². The van der Waals surface area contributed by atoms with E-state index in [1.54, 1.807) is 0 Å². The molecule has 14 heavy (non-hydrogen) atoms. The van der Waals surface area contributed by atoms with Crippen LogP contribution in [-0.4, -0.2) is 38.2 Å². The number of hydrogen-bond acceptors (Lipinski definition) is 4. The number of hydrogen-bond donors (Lipinski definition) is 1. The van der Waals surface area contributed by atoms with Crippen LogP contribution in [0, 0.1) is 12.3 Å². The molecular weight excluding hydrogens is 186 g/mol. The van der Waals surface area contributed by atoms with Crippen LogP contribution >= 0.6 is 0 Å². The first-order valence-corrected chi connectivity index (χ1v) is 4.12. The zero-order valence-electron chi connectivity index (χ0n) is 8.04. The second kappa shape index (κ2) is 8.08. The van der Waals surface area contributed by atoms with Crippen LogP contribution in [0.15, 0.2) is 0 Å². The molecular formula is C9H13NO4. The van der Waals surface area contributed by atoms with Gasteiger partial charge >= 0.3 is 5.97 Å². The van der Waals surface area contributed by atoms with Crippen molar-refractivity contribution in [3.63, 3.8) is 0 Å². The lowest BCUT2D eigenvalue weighted by Crippen LogP contribution is -2.26. The topological polar surface area (TPSA) is 64.6 Å². The van der Waals surface area contributed by atoms with Gasteiger partial charge in [-0.05, 0) is 5.92 Å². The Morgan fingerprint density at radius 1 is 1.36 bits per heavy atom. The van der Waals surface area contributed by atoms with Crippen LogP contribution in [0.1, 0.15) is 6.92 Å². The quantitative estimate of drug-likeness (QED) is 0.349. The van der Waals surface area contributed by atoms with E-state index >= 15 is 0 Å². The smallest absolute Gasteiger partial charge is 0.302 e. The number of terminal acetylenes is 1. The van der Waals surface area contributed by atoms with Gasteiger partial charge in [0.1, 0.15) is 6.61 Å². The summed E-state index contributed by atoms with van der Waals surface area (Å²) >= 11 is 0. The van der Waals surface area contributed by atoms with E-state index in [4.69, 9.17) is 11.2 Å². The molecule has 0 bridgehead atoms. The number of rotatable bonds is 6. The first kappa shape index (κ1) is 12.5. The van der Waals surface area contributed by atoms with Gasteiger partial charge in [-0.15, -0.1) is 6.42 Å². The highest BCUT2D eigenvalue weighted by molar-refractivity contribution is 5.92. The molecule has 5 heteroatoms. The van der Waals surface area contributed by atoms with Crippen molar-refractivity contribution in [3.05, 3.63) is 0 Å². The van der Waals surface area contributed by atoms with Gasteiger partial charge in [-0.3, -0.25) is 9.59 Å². The molecule has 0 aliphatic heterocycles. The molecule has 0 radical (unpaired) electrons. The first-order valence-electron chi connectivity index (χ1n) is 4.12. The third-order valence-electron chi connectivity index (χ3n) is 1.20. The molecule has 5 nitrogen and oxygen atoms in total. The van der Waals surface area contributed by atoms with E-state index in [1.165, 1.54) is 6.92 Å². The average Bonchev–Trinajstić information content (AvgIpc) is 2.15. The van der Waals surface area contributed by atoms with Crippen LogP contribution in [0.5, 0.6) is 0 Å². The Hall–Kier alpha value is -1.54. The lowest BCUT2D eigenvalue weighted by Gasteiger charge is -2.04. The molecule has 0 heterocycles. The van der Waals surface area contributed by atoms with Crippen LogP contribution in [0.25, 0.3) is 0 Å². The third kappa shape index (κ3) is 8.56. The summed E-state index contributed by atoms with van der Waals surface area (Å²) in [5.74, 6) is 1.10. The molecule has 0 saturated heterocycles. The Morgan fingerprint density at radius 2 is 2.07 bits per heavy atom. The van der Waals surface area contributed by atoms with Crippen molar-refractivity contribution in [1.82, 2.24) is 5.32 Å². The zero-order valence-corrected chi connectivity index (χ0v) is 8.04. The van der Waals surface area contributed by atoms with Crippen molar-refractivity contribution in [2.75, 3.05) is 26.4 Å². The predicted molar refractivity (Wildman–Crippen MR) is 49.3 cm³/mol. The van der Waals surface area contributed by atoms with Gasteiger partial charge in [0, 0.05) is 13.5 Å². The summed E-state index contributed by atoms with van der Waals surface area (Å²) in [6.45, 7) is 2.55. The van der Waals surface area contributed by atoms with Crippen molar-refractivity contribution in [1.29, 1.82) is 0 Å². The fourth-order valence-electron chi connectivity index (χ4n) is 0.634. The molecule has 0 fully saturated rings. The largest absolute Gasteiger partial charge is 0.463 e. The Morgan fingerprint density at radius 3 is 2.64 bits per heavy atom. The second-order valence-corrected chi connectivity index (χ2v) is 2.35. The van der Waals surface area contributed by atoms with Crippen molar-refractivity contribution >= 4 is 11.9 Å². The van der Waals surface area contributed by atoms with Crippen LogP contribution in [-0.2, 0) is 19.1 Å². The van der Waals surface area contributed by atoms with Crippen LogP contribution in [0.3, 0.4) is 0 Å². The van der Waals surface area contributed by atoms with E-state index in [9.17, 15) is 9.59 Å². The average molecular weight is 199 g/mol. The molecule has 0 aliphatic rings. The molecule has 0 spiro atoms. The van der Waals surface area contributed by atoms with E-state index < -0.39 is 5.91 Å². The van der Waals surface area contributed by atoms with Gasteiger partial charge in [0.15, 0.2) is 0 Å². The van der Waals surface area contributed by atoms with Crippen molar-refractivity contribution in [3.8, 4) is 12.3 Å². The number of nitrogens with one attached hydrogen (secondary N) is 1. The molecule has 0 aromatic heterocycles. The van der Waals surface area contributed by atoms with Gasteiger partial charge < -0.3 is 14.8 Å². The maximum Gasteiger partial charge on any atom is 0.302 e. The van der Waals surface area contributed by atoms with Gasteiger partial charge in [-0.25, -0.2) is 0 Å². The molecule has 0 atom stereocenters. The third-order valence-corrected chi connectivity index (χ3v) is 1.20. The maximum absolute atomic E-state index is 10.5.